The zero-order chi connectivity index (χ0) is 18.3. The first kappa shape index (κ1) is 16.4. The molecule has 4 nitrogen and oxygen atoms in total. The number of benzene rings is 2. The van der Waals surface area contributed by atoms with Crippen LogP contribution in [0.4, 0.5) is 18.9 Å². The minimum atomic E-state index is -1.58. The van der Waals surface area contributed by atoms with Crippen molar-refractivity contribution in [3.05, 3.63) is 77.4 Å². The molecule has 0 atom stereocenters. The van der Waals surface area contributed by atoms with Gasteiger partial charge >= 0.3 is 0 Å². The molecule has 1 N–H and O–H groups in total. The van der Waals surface area contributed by atoms with E-state index < -0.39 is 23.4 Å². The summed E-state index contributed by atoms with van der Waals surface area (Å²) in [5.74, 6) is -4.56. The Kier molecular flexibility index (Phi) is 3.99. The van der Waals surface area contributed by atoms with Crippen molar-refractivity contribution >= 4 is 11.6 Å². The van der Waals surface area contributed by atoms with Crippen LogP contribution in [0.1, 0.15) is 34.9 Å². The van der Waals surface area contributed by atoms with E-state index in [1.807, 2.05) is 18.2 Å². The summed E-state index contributed by atoms with van der Waals surface area (Å²) in [7, 11) is 0. The van der Waals surface area contributed by atoms with Crippen LogP contribution in [0.3, 0.4) is 0 Å². The summed E-state index contributed by atoms with van der Waals surface area (Å²) in [5, 5.41) is 6.91. The van der Waals surface area contributed by atoms with Gasteiger partial charge in [-0.05, 0) is 31.0 Å². The van der Waals surface area contributed by atoms with Gasteiger partial charge in [0.2, 0.25) is 0 Å². The topological polar surface area (TPSA) is 46.9 Å². The van der Waals surface area contributed by atoms with Gasteiger partial charge in [0.15, 0.2) is 17.5 Å². The third kappa shape index (κ3) is 3.08. The quantitative estimate of drug-likeness (QED) is 0.703. The fourth-order valence-electron chi connectivity index (χ4n) is 2.73. The van der Waals surface area contributed by atoms with Crippen LogP contribution >= 0.6 is 0 Å². The van der Waals surface area contributed by atoms with Crippen LogP contribution in [0.15, 0.2) is 48.5 Å². The molecule has 2 aromatic carbocycles. The Morgan fingerprint density at radius 2 is 1.69 bits per heavy atom. The predicted molar refractivity (Wildman–Crippen MR) is 89.8 cm³/mol. The lowest BCUT2D eigenvalue weighted by Crippen LogP contribution is -2.17. The van der Waals surface area contributed by atoms with Gasteiger partial charge in [0, 0.05) is 23.7 Å². The average molecular weight is 357 g/mol. The van der Waals surface area contributed by atoms with Gasteiger partial charge in [-0.15, -0.1) is 0 Å². The molecule has 0 radical (unpaired) electrons. The molecule has 1 heterocycles. The second-order valence-electron chi connectivity index (χ2n) is 6.18. The Bertz CT molecular complexity index is 958. The summed E-state index contributed by atoms with van der Waals surface area (Å²) < 4.78 is 41.3. The number of para-hydroxylation sites is 1. The van der Waals surface area contributed by atoms with Crippen LogP contribution in [0, 0.1) is 17.5 Å². The number of nitrogens with zero attached hydrogens (tertiary/aromatic N) is 2. The zero-order valence-electron chi connectivity index (χ0n) is 13.5. The lowest BCUT2D eigenvalue weighted by molar-refractivity contribution is 0.101. The lowest BCUT2D eigenvalue weighted by atomic mass is 10.2. The highest BCUT2D eigenvalue weighted by Crippen LogP contribution is 2.39. The average Bonchev–Trinajstić information content (AvgIpc) is 3.38. The highest BCUT2D eigenvalue weighted by molar-refractivity contribution is 6.03. The number of nitrogens with one attached hydrogen (secondary N) is 1. The number of amides is 1. The van der Waals surface area contributed by atoms with Gasteiger partial charge in [-0.2, -0.15) is 5.10 Å². The first-order chi connectivity index (χ1) is 12.5. The van der Waals surface area contributed by atoms with Crippen molar-refractivity contribution < 1.29 is 18.0 Å². The van der Waals surface area contributed by atoms with Crippen LogP contribution in [0.5, 0.6) is 0 Å². The van der Waals surface area contributed by atoms with Crippen LogP contribution in [-0.2, 0) is 0 Å². The summed E-state index contributed by atoms with van der Waals surface area (Å²) in [6.07, 6.45) is 2.03. The first-order valence-corrected chi connectivity index (χ1v) is 8.14. The maximum atomic E-state index is 13.4. The van der Waals surface area contributed by atoms with Crippen molar-refractivity contribution in [1.29, 1.82) is 0 Å². The lowest BCUT2D eigenvalue weighted by Gasteiger charge is -2.09. The molecule has 0 saturated heterocycles. The molecule has 1 fully saturated rings. The number of aromatic nitrogens is 2. The second-order valence-corrected chi connectivity index (χ2v) is 6.18. The van der Waals surface area contributed by atoms with E-state index >= 15 is 0 Å². The molecule has 7 heteroatoms. The van der Waals surface area contributed by atoms with E-state index in [1.54, 1.807) is 18.2 Å². The summed E-state index contributed by atoms with van der Waals surface area (Å²) in [4.78, 5) is 12.7. The van der Waals surface area contributed by atoms with Gasteiger partial charge < -0.3 is 5.32 Å². The number of hydrogen-bond acceptors (Lipinski definition) is 2. The monoisotopic (exact) mass is 357 g/mol. The van der Waals surface area contributed by atoms with Crippen molar-refractivity contribution in [3.8, 4) is 5.69 Å². The standard InChI is InChI=1S/C19H14F3N3O/c20-14-8-12(9-15(21)18(14)22)23-19(26)17-10-16(11-6-7-11)24-25(17)13-4-2-1-3-5-13/h1-5,8-11H,6-7H2,(H,23,26). The van der Waals surface area contributed by atoms with Crippen molar-refractivity contribution in [3.63, 3.8) is 0 Å². The highest BCUT2D eigenvalue weighted by Gasteiger charge is 2.29. The van der Waals surface area contributed by atoms with Gasteiger partial charge in [-0.25, -0.2) is 17.9 Å². The minimum Gasteiger partial charge on any atom is -0.320 e. The maximum Gasteiger partial charge on any atom is 0.274 e. The van der Waals surface area contributed by atoms with E-state index in [0.29, 0.717) is 11.6 Å². The van der Waals surface area contributed by atoms with E-state index in [4.69, 9.17) is 0 Å². The maximum absolute atomic E-state index is 13.4. The van der Waals surface area contributed by atoms with E-state index in [9.17, 15) is 18.0 Å². The molecule has 1 aromatic heterocycles. The van der Waals surface area contributed by atoms with Gasteiger partial charge in [0.25, 0.3) is 5.91 Å². The SMILES string of the molecule is O=C(Nc1cc(F)c(F)c(F)c1)c1cc(C2CC2)nn1-c1ccccc1. The second kappa shape index (κ2) is 6.33. The van der Waals surface area contributed by atoms with E-state index in [0.717, 1.165) is 30.7 Å². The molecule has 4 rings (SSSR count). The largest absolute Gasteiger partial charge is 0.320 e. The summed E-state index contributed by atoms with van der Waals surface area (Å²) in [5.41, 5.74) is 1.57. The molecular weight excluding hydrogens is 343 g/mol. The Morgan fingerprint density at radius 1 is 1.04 bits per heavy atom. The van der Waals surface area contributed by atoms with Gasteiger partial charge in [-0.1, -0.05) is 18.2 Å². The third-order valence-electron chi connectivity index (χ3n) is 4.20. The van der Waals surface area contributed by atoms with Crippen molar-refractivity contribution in [1.82, 2.24) is 9.78 Å². The van der Waals surface area contributed by atoms with E-state index in [-0.39, 0.29) is 11.4 Å². The molecule has 26 heavy (non-hydrogen) atoms. The molecule has 1 saturated carbocycles. The molecule has 132 valence electrons. The molecule has 1 amide bonds. The zero-order valence-corrected chi connectivity index (χ0v) is 13.5. The van der Waals surface area contributed by atoms with Gasteiger partial charge in [0.1, 0.15) is 5.69 Å². The fraction of sp³-hybridized carbons (Fsp3) is 0.158. The Balaban J connectivity index is 1.69. The number of rotatable bonds is 4. The van der Waals surface area contributed by atoms with Crippen LogP contribution in [-0.4, -0.2) is 15.7 Å². The molecule has 1 aliphatic rings. The van der Waals surface area contributed by atoms with Crippen molar-refractivity contribution in [2.75, 3.05) is 5.32 Å². The highest BCUT2D eigenvalue weighted by atomic mass is 19.2. The molecule has 3 aromatic rings. The Labute approximate surface area is 147 Å². The summed E-state index contributed by atoms with van der Waals surface area (Å²) in [6, 6.07) is 12.2. The number of carbonyl (C=O) groups excluding carboxylic acids is 1. The fourth-order valence-corrected chi connectivity index (χ4v) is 2.73. The smallest absolute Gasteiger partial charge is 0.274 e. The van der Waals surface area contributed by atoms with E-state index in [2.05, 4.69) is 10.4 Å². The van der Waals surface area contributed by atoms with Crippen molar-refractivity contribution in [2.24, 2.45) is 0 Å². The molecule has 0 unspecified atom stereocenters. The molecule has 0 bridgehead atoms. The van der Waals surface area contributed by atoms with Crippen molar-refractivity contribution in [2.45, 2.75) is 18.8 Å². The molecule has 0 spiro atoms. The van der Waals surface area contributed by atoms with Crippen LogP contribution < -0.4 is 5.32 Å². The van der Waals surface area contributed by atoms with Gasteiger partial charge in [0.05, 0.1) is 11.4 Å². The minimum absolute atomic E-state index is 0.166. The number of hydrogen-bond donors (Lipinski definition) is 1. The van der Waals surface area contributed by atoms with Crippen LogP contribution in [0.2, 0.25) is 0 Å². The number of anilines is 1. The molecule has 1 aliphatic carbocycles. The van der Waals surface area contributed by atoms with Gasteiger partial charge in [-0.3, -0.25) is 4.79 Å². The Morgan fingerprint density at radius 3 is 2.31 bits per heavy atom. The van der Waals surface area contributed by atoms with Crippen LogP contribution in [0.25, 0.3) is 5.69 Å². The molecular formula is C19H14F3N3O. The first-order valence-electron chi connectivity index (χ1n) is 8.14. The number of halogens is 3. The number of carbonyl (C=O) groups is 1. The third-order valence-corrected chi connectivity index (χ3v) is 4.20. The Hall–Kier alpha value is -3.09. The summed E-state index contributed by atoms with van der Waals surface area (Å²) in [6.45, 7) is 0. The summed E-state index contributed by atoms with van der Waals surface area (Å²) >= 11 is 0. The molecule has 0 aliphatic heterocycles. The van der Waals surface area contributed by atoms with E-state index in [1.165, 1.54) is 4.68 Å². The normalized spacial score (nSPS) is 13.7. The predicted octanol–water partition coefficient (Wildman–Crippen LogP) is 4.42.